The molecular formula is C37H45BrN4O7. The fourth-order valence-electron chi connectivity index (χ4n) is 5.46. The van der Waals surface area contributed by atoms with Gasteiger partial charge >= 0.3 is 12.2 Å². The maximum absolute atomic E-state index is 13.4. The predicted octanol–water partition coefficient (Wildman–Crippen LogP) is 6.28. The molecule has 0 aliphatic heterocycles. The van der Waals surface area contributed by atoms with Crippen LogP contribution < -0.4 is 20.7 Å². The van der Waals surface area contributed by atoms with Crippen LogP contribution in [0, 0.1) is 11.8 Å². The maximum atomic E-state index is 13.4. The summed E-state index contributed by atoms with van der Waals surface area (Å²) in [4.78, 5) is 55.4. The van der Waals surface area contributed by atoms with Gasteiger partial charge in [-0.3, -0.25) is 14.6 Å². The summed E-state index contributed by atoms with van der Waals surface area (Å²) < 4.78 is 16.7. The smallest absolute Gasteiger partial charge is 0.444 e. The molecule has 3 N–H and O–H groups in total. The van der Waals surface area contributed by atoms with Crippen molar-refractivity contribution in [1.82, 2.24) is 20.9 Å². The fourth-order valence-corrected chi connectivity index (χ4v) is 5.86. The van der Waals surface area contributed by atoms with Gasteiger partial charge in [-0.2, -0.15) is 0 Å². The molecule has 0 saturated heterocycles. The number of aromatic nitrogens is 1. The van der Waals surface area contributed by atoms with Gasteiger partial charge in [0.1, 0.15) is 24.0 Å². The molecule has 4 rings (SSSR count). The van der Waals surface area contributed by atoms with Gasteiger partial charge in [0, 0.05) is 53.8 Å². The van der Waals surface area contributed by atoms with Crippen LogP contribution >= 0.6 is 15.9 Å². The van der Waals surface area contributed by atoms with E-state index in [-0.39, 0.29) is 36.7 Å². The average molecular weight is 738 g/mol. The summed E-state index contributed by atoms with van der Waals surface area (Å²) in [7, 11) is 0. The molecule has 1 heterocycles. The minimum absolute atomic E-state index is 0.0553. The number of nitrogens with one attached hydrogen (secondary N) is 3. The van der Waals surface area contributed by atoms with E-state index in [1.807, 2.05) is 63.2 Å². The number of benzene rings is 2. The zero-order valence-electron chi connectivity index (χ0n) is 28.2. The second-order valence-corrected chi connectivity index (χ2v) is 14.0. The van der Waals surface area contributed by atoms with Crippen molar-refractivity contribution in [3.63, 3.8) is 0 Å². The molecule has 262 valence electrons. The number of rotatable bonds is 13. The predicted molar refractivity (Wildman–Crippen MR) is 188 cm³/mol. The largest absolute Gasteiger partial charge is 0.514 e. The van der Waals surface area contributed by atoms with E-state index in [0.29, 0.717) is 38.1 Å². The molecule has 1 aromatic heterocycles. The van der Waals surface area contributed by atoms with Crippen molar-refractivity contribution in [1.29, 1.82) is 0 Å². The van der Waals surface area contributed by atoms with Crippen molar-refractivity contribution in [3.8, 4) is 5.75 Å². The second kappa shape index (κ2) is 18.4. The number of alkyl carbamates (subject to hydrolysis) is 1. The van der Waals surface area contributed by atoms with E-state index in [4.69, 9.17) is 14.2 Å². The first-order valence-electron chi connectivity index (χ1n) is 16.6. The van der Waals surface area contributed by atoms with Crippen molar-refractivity contribution in [2.75, 3.05) is 13.1 Å². The monoisotopic (exact) mass is 736 g/mol. The SMILES string of the molecule is CC(C)(C)OC(=O)NCC1CCC(C(=O)N[C@@H](Cc2ccc(OC(=O)OCc3ccccc3Br)cc2)C(=O)NCCc2ccccn2)CC1. The van der Waals surface area contributed by atoms with Crippen LogP contribution in [0.3, 0.4) is 0 Å². The highest BCUT2D eigenvalue weighted by Crippen LogP contribution is 2.29. The molecule has 0 radical (unpaired) electrons. The maximum Gasteiger partial charge on any atom is 0.514 e. The standard InChI is InChI=1S/C37H45BrN4O7/c1-37(2,3)49-35(45)41-23-26-11-15-27(16-12-26)33(43)42-32(34(44)40-21-19-29-9-6-7-20-39-29)22-25-13-17-30(18-14-25)48-36(46)47-24-28-8-4-5-10-31(28)38/h4-10,13-14,17-18,20,26-27,32H,11-12,15-16,19,21-24H2,1-3H3,(H,40,44)(H,41,45)(H,42,43)/t26?,27?,32-/m0/s1. The van der Waals surface area contributed by atoms with Crippen LogP contribution in [-0.4, -0.2) is 53.8 Å². The van der Waals surface area contributed by atoms with Gasteiger partial charge in [0.15, 0.2) is 0 Å². The lowest BCUT2D eigenvalue weighted by Crippen LogP contribution is -2.50. The Morgan fingerprint density at radius 1 is 0.918 bits per heavy atom. The number of amides is 3. The van der Waals surface area contributed by atoms with E-state index < -0.39 is 23.9 Å². The van der Waals surface area contributed by atoms with Crippen molar-refractivity contribution in [2.45, 2.75) is 77.5 Å². The zero-order valence-corrected chi connectivity index (χ0v) is 29.8. The number of halogens is 1. The highest BCUT2D eigenvalue weighted by molar-refractivity contribution is 9.10. The summed E-state index contributed by atoms with van der Waals surface area (Å²) in [6.07, 6.45) is 4.09. The first-order chi connectivity index (χ1) is 23.4. The molecular weight excluding hydrogens is 692 g/mol. The molecule has 1 saturated carbocycles. The molecule has 3 aromatic rings. The zero-order chi connectivity index (χ0) is 35.2. The van der Waals surface area contributed by atoms with Gasteiger partial charge in [-0.15, -0.1) is 0 Å². The molecule has 12 heteroatoms. The van der Waals surface area contributed by atoms with Crippen LogP contribution in [0.15, 0.2) is 77.4 Å². The number of nitrogens with zero attached hydrogens (tertiary/aromatic N) is 1. The summed E-state index contributed by atoms with van der Waals surface area (Å²) in [6.45, 7) is 6.37. The first-order valence-corrected chi connectivity index (χ1v) is 17.4. The van der Waals surface area contributed by atoms with Crippen LogP contribution in [-0.2, 0) is 38.5 Å². The van der Waals surface area contributed by atoms with Crippen LogP contribution in [0.1, 0.15) is 63.3 Å². The van der Waals surface area contributed by atoms with E-state index in [1.54, 1.807) is 30.5 Å². The Kier molecular flexibility index (Phi) is 14.0. The molecule has 2 aromatic carbocycles. The molecule has 0 bridgehead atoms. The number of hydrogen-bond acceptors (Lipinski definition) is 8. The summed E-state index contributed by atoms with van der Waals surface area (Å²) in [5.41, 5.74) is 1.87. The van der Waals surface area contributed by atoms with Crippen molar-refractivity contribution in [2.24, 2.45) is 11.8 Å². The third kappa shape index (κ3) is 13.2. The summed E-state index contributed by atoms with van der Waals surface area (Å²) in [5.74, 6) is -0.161. The summed E-state index contributed by atoms with van der Waals surface area (Å²) >= 11 is 3.43. The normalized spacial score (nSPS) is 16.5. The lowest BCUT2D eigenvalue weighted by Gasteiger charge is -2.29. The number of carbonyl (C=O) groups is 4. The molecule has 1 aliphatic carbocycles. The number of pyridine rings is 1. The van der Waals surface area contributed by atoms with Crippen molar-refractivity contribution in [3.05, 3.63) is 94.2 Å². The van der Waals surface area contributed by atoms with Gasteiger partial charge in [-0.05, 0) is 88.3 Å². The fraction of sp³-hybridized carbons (Fsp3) is 0.432. The van der Waals surface area contributed by atoms with Gasteiger partial charge in [0.05, 0.1) is 0 Å². The number of hydrogen-bond donors (Lipinski definition) is 3. The van der Waals surface area contributed by atoms with Crippen LogP contribution in [0.5, 0.6) is 5.75 Å². The van der Waals surface area contributed by atoms with E-state index in [0.717, 1.165) is 34.1 Å². The van der Waals surface area contributed by atoms with Gasteiger partial charge in [0.25, 0.3) is 0 Å². The lowest BCUT2D eigenvalue weighted by atomic mass is 9.81. The van der Waals surface area contributed by atoms with Crippen molar-refractivity contribution < 1.29 is 33.4 Å². The summed E-state index contributed by atoms with van der Waals surface area (Å²) in [6, 6.07) is 19.0. The van der Waals surface area contributed by atoms with Gasteiger partial charge < -0.3 is 30.2 Å². The van der Waals surface area contributed by atoms with Crippen LogP contribution in [0.4, 0.5) is 9.59 Å². The lowest BCUT2D eigenvalue weighted by molar-refractivity contribution is -0.131. The quantitative estimate of drug-likeness (QED) is 0.137. The van der Waals surface area contributed by atoms with E-state index >= 15 is 0 Å². The number of carbonyl (C=O) groups excluding carboxylic acids is 4. The van der Waals surface area contributed by atoms with Gasteiger partial charge in [0.2, 0.25) is 11.8 Å². The Hall–Kier alpha value is -4.45. The van der Waals surface area contributed by atoms with E-state index in [2.05, 4.69) is 36.9 Å². The first kappa shape index (κ1) is 37.4. The molecule has 0 unspecified atom stereocenters. The third-order valence-corrected chi connectivity index (χ3v) is 8.83. The van der Waals surface area contributed by atoms with E-state index in [1.165, 1.54) is 0 Å². The average Bonchev–Trinajstić information content (AvgIpc) is 3.07. The Balaban J connectivity index is 1.31. The van der Waals surface area contributed by atoms with Gasteiger partial charge in [-0.25, -0.2) is 9.59 Å². The summed E-state index contributed by atoms with van der Waals surface area (Å²) in [5, 5.41) is 8.77. The molecule has 11 nitrogen and oxygen atoms in total. The van der Waals surface area contributed by atoms with Crippen molar-refractivity contribution >= 4 is 40.0 Å². The molecule has 0 spiro atoms. The second-order valence-electron chi connectivity index (χ2n) is 13.1. The third-order valence-electron chi connectivity index (χ3n) is 8.06. The van der Waals surface area contributed by atoms with Crippen LogP contribution in [0.25, 0.3) is 0 Å². The Labute approximate surface area is 296 Å². The topological polar surface area (TPSA) is 145 Å². The molecule has 1 atom stereocenters. The molecule has 1 fully saturated rings. The van der Waals surface area contributed by atoms with E-state index in [9.17, 15) is 19.2 Å². The number of ether oxygens (including phenoxy) is 3. The van der Waals surface area contributed by atoms with Crippen LogP contribution in [0.2, 0.25) is 0 Å². The van der Waals surface area contributed by atoms with Gasteiger partial charge in [-0.1, -0.05) is 52.3 Å². The molecule has 49 heavy (non-hydrogen) atoms. The minimum atomic E-state index is -0.837. The minimum Gasteiger partial charge on any atom is -0.444 e. The highest BCUT2D eigenvalue weighted by atomic mass is 79.9. The Bertz CT molecular complexity index is 1540. The molecule has 1 aliphatic rings. The Morgan fingerprint density at radius 2 is 1.63 bits per heavy atom. The Morgan fingerprint density at radius 3 is 2.31 bits per heavy atom. The molecule has 3 amide bonds. The highest BCUT2D eigenvalue weighted by Gasteiger charge is 2.30.